The SMILES string of the molecule is CNCCCNC(=O)c1cc(C)c(OCc2cccnc2)c(C)c1. The lowest BCUT2D eigenvalue weighted by atomic mass is 10.0. The van der Waals surface area contributed by atoms with Crippen LogP contribution in [0, 0.1) is 13.8 Å². The number of amides is 1. The molecule has 1 aromatic heterocycles. The Bertz CT molecular complexity index is 649. The molecule has 0 spiro atoms. The van der Waals surface area contributed by atoms with Crippen LogP contribution in [0.15, 0.2) is 36.7 Å². The summed E-state index contributed by atoms with van der Waals surface area (Å²) in [5, 5.41) is 6.00. The molecule has 2 rings (SSSR count). The molecule has 0 fully saturated rings. The van der Waals surface area contributed by atoms with E-state index in [-0.39, 0.29) is 5.91 Å². The highest BCUT2D eigenvalue weighted by atomic mass is 16.5. The lowest BCUT2D eigenvalue weighted by Crippen LogP contribution is -2.26. The topological polar surface area (TPSA) is 63.2 Å². The van der Waals surface area contributed by atoms with Gasteiger partial charge in [0.05, 0.1) is 0 Å². The van der Waals surface area contributed by atoms with Gasteiger partial charge in [0.15, 0.2) is 0 Å². The average molecular weight is 327 g/mol. The number of carbonyl (C=O) groups excluding carboxylic acids is 1. The van der Waals surface area contributed by atoms with Crippen LogP contribution < -0.4 is 15.4 Å². The van der Waals surface area contributed by atoms with Crippen molar-refractivity contribution < 1.29 is 9.53 Å². The van der Waals surface area contributed by atoms with Crippen molar-refractivity contribution in [3.05, 3.63) is 58.9 Å². The van der Waals surface area contributed by atoms with Gasteiger partial charge in [0, 0.05) is 30.1 Å². The molecule has 0 aliphatic heterocycles. The van der Waals surface area contributed by atoms with Crippen molar-refractivity contribution in [3.8, 4) is 5.75 Å². The van der Waals surface area contributed by atoms with Crippen LogP contribution in [-0.4, -0.2) is 31.0 Å². The molecule has 0 radical (unpaired) electrons. The zero-order valence-electron chi connectivity index (χ0n) is 14.6. The molecular weight excluding hydrogens is 302 g/mol. The minimum Gasteiger partial charge on any atom is -0.488 e. The first-order valence-electron chi connectivity index (χ1n) is 8.17. The molecule has 1 aromatic carbocycles. The molecule has 0 unspecified atom stereocenters. The van der Waals surface area contributed by atoms with Gasteiger partial charge < -0.3 is 15.4 Å². The van der Waals surface area contributed by atoms with Crippen molar-refractivity contribution in [2.24, 2.45) is 0 Å². The van der Waals surface area contributed by atoms with Gasteiger partial charge in [-0.1, -0.05) is 6.07 Å². The molecule has 0 atom stereocenters. The molecule has 2 N–H and O–H groups in total. The molecular formula is C19H25N3O2. The van der Waals surface area contributed by atoms with E-state index in [9.17, 15) is 4.79 Å². The van der Waals surface area contributed by atoms with Crippen molar-refractivity contribution in [1.82, 2.24) is 15.6 Å². The lowest BCUT2D eigenvalue weighted by Gasteiger charge is -2.14. The Balaban J connectivity index is 2.01. The number of benzene rings is 1. The van der Waals surface area contributed by atoms with Gasteiger partial charge in [-0.2, -0.15) is 0 Å². The first kappa shape index (κ1) is 17.9. The normalized spacial score (nSPS) is 10.5. The number of aryl methyl sites for hydroxylation is 2. The van der Waals surface area contributed by atoms with E-state index in [0.29, 0.717) is 18.7 Å². The summed E-state index contributed by atoms with van der Waals surface area (Å²) < 4.78 is 5.92. The second kappa shape index (κ2) is 9.03. The molecule has 0 saturated carbocycles. The van der Waals surface area contributed by atoms with Crippen LogP contribution in [0.2, 0.25) is 0 Å². The van der Waals surface area contributed by atoms with Gasteiger partial charge in [-0.15, -0.1) is 0 Å². The highest BCUT2D eigenvalue weighted by Crippen LogP contribution is 2.25. The van der Waals surface area contributed by atoms with Gasteiger partial charge in [-0.25, -0.2) is 0 Å². The second-order valence-corrected chi connectivity index (χ2v) is 5.80. The number of nitrogens with one attached hydrogen (secondary N) is 2. The van der Waals surface area contributed by atoms with Crippen molar-refractivity contribution in [3.63, 3.8) is 0 Å². The van der Waals surface area contributed by atoms with Gasteiger partial charge in [-0.05, 0) is 63.2 Å². The third-order valence-electron chi connectivity index (χ3n) is 3.72. The number of aromatic nitrogens is 1. The summed E-state index contributed by atoms with van der Waals surface area (Å²) in [6.07, 6.45) is 4.44. The van der Waals surface area contributed by atoms with Crippen LogP contribution in [-0.2, 0) is 6.61 Å². The largest absolute Gasteiger partial charge is 0.488 e. The fourth-order valence-corrected chi connectivity index (χ4v) is 2.52. The van der Waals surface area contributed by atoms with Crippen LogP contribution in [0.3, 0.4) is 0 Å². The zero-order valence-corrected chi connectivity index (χ0v) is 14.6. The van der Waals surface area contributed by atoms with Gasteiger partial charge in [0.2, 0.25) is 0 Å². The number of nitrogens with zero attached hydrogens (tertiary/aromatic N) is 1. The monoisotopic (exact) mass is 327 g/mol. The third kappa shape index (κ3) is 5.06. The number of ether oxygens (including phenoxy) is 1. The molecule has 1 heterocycles. The van der Waals surface area contributed by atoms with Gasteiger partial charge in [0.1, 0.15) is 12.4 Å². The molecule has 0 aliphatic rings. The Labute approximate surface area is 143 Å². The Morgan fingerprint density at radius 1 is 1.21 bits per heavy atom. The Morgan fingerprint density at radius 3 is 2.58 bits per heavy atom. The van der Waals surface area contributed by atoms with E-state index >= 15 is 0 Å². The maximum Gasteiger partial charge on any atom is 0.251 e. The van der Waals surface area contributed by atoms with Gasteiger partial charge in [0.25, 0.3) is 5.91 Å². The number of pyridine rings is 1. The molecule has 1 amide bonds. The van der Waals surface area contributed by atoms with E-state index in [1.165, 1.54) is 0 Å². The fourth-order valence-electron chi connectivity index (χ4n) is 2.52. The summed E-state index contributed by atoms with van der Waals surface area (Å²) in [6.45, 7) is 5.94. The summed E-state index contributed by atoms with van der Waals surface area (Å²) >= 11 is 0. The smallest absolute Gasteiger partial charge is 0.251 e. The van der Waals surface area contributed by atoms with E-state index in [2.05, 4.69) is 15.6 Å². The van der Waals surface area contributed by atoms with Crippen molar-refractivity contribution in [2.45, 2.75) is 26.9 Å². The van der Waals surface area contributed by atoms with Crippen LogP contribution in [0.4, 0.5) is 0 Å². The van der Waals surface area contributed by atoms with E-state index in [1.54, 1.807) is 12.4 Å². The van der Waals surface area contributed by atoms with Gasteiger partial charge >= 0.3 is 0 Å². The summed E-state index contributed by atoms with van der Waals surface area (Å²) in [5.74, 6) is 0.779. The molecule has 5 heteroatoms. The van der Waals surface area contributed by atoms with Crippen molar-refractivity contribution in [2.75, 3.05) is 20.1 Å². The predicted molar refractivity (Wildman–Crippen MR) is 95.4 cm³/mol. The maximum absolute atomic E-state index is 12.2. The fraction of sp³-hybridized carbons (Fsp3) is 0.368. The van der Waals surface area contributed by atoms with Crippen LogP contribution in [0.1, 0.15) is 33.5 Å². The first-order chi connectivity index (χ1) is 11.6. The minimum absolute atomic E-state index is 0.0453. The average Bonchev–Trinajstić information content (AvgIpc) is 2.58. The summed E-state index contributed by atoms with van der Waals surface area (Å²) in [6, 6.07) is 7.61. The molecule has 0 bridgehead atoms. The summed E-state index contributed by atoms with van der Waals surface area (Å²) in [5.41, 5.74) is 3.60. The first-order valence-corrected chi connectivity index (χ1v) is 8.17. The van der Waals surface area contributed by atoms with Crippen LogP contribution in [0.25, 0.3) is 0 Å². The number of carbonyl (C=O) groups is 1. The lowest BCUT2D eigenvalue weighted by molar-refractivity contribution is 0.0953. The summed E-state index contributed by atoms with van der Waals surface area (Å²) in [4.78, 5) is 16.3. The molecule has 0 aliphatic carbocycles. The van der Waals surface area contributed by atoms with E-state index in [1.807, 2.05) is 45.2 Å². The highest BCUT2D eigenvalue weighted by molar-refractivity contribution is 5.94. The highest BCUT2D eigenvalue weighted by Gasteiger charge is 2.11. The number of hydrogen-bond donors (Lipinski definition) is 2. The molecule has 128 valence electrons. The Morgan fingerprint density at radius 2 is 1.96 bits per heavy atom. The quantitative estimate of drug-likeness (QED) is 0.732. The molecule has 2 aromatic rings. The second-order valence-electron chi connectivity index (χ2n) is 5.80. The molecule has 24 heavy (non-hydrogen) atoms. The van der Waals surface area contributed by atoms with Crippen molar-refractivity contribution >= 4 is 5.91 Å². The molecule has 5 nitrogen and oxygen atoms in total. The maximum atomic E-state index is 12.2. The van der Waals surface area contributed by atoms with Crippen LogP contribution >= 0.6 is 0 Å². The predicted octanol–water partition coefficient (Wildman–Crippen LogP) is 2.62. The van der Waals surface area contributed by atoms with E-state index < -0.39 is 0 Å². The number of hydrogen-bond acceptors (Lipinski definition) is 4. The zero-order chi connectivity index (χ0) is 17.4. The minimum atomic E-state index is -0.0453. The standard InChI is InChI=1S/C19H25N3O2/c1-14-10-17(19(23)22-9-5-7-20-3)11-15(2)18(14)24-13-16-6-4-8-21-12-16/h4,6,8,10-12,20H,5,7,9,13H2,1-3H3,(H,22,23). The third-order valence-corrected chi connectivity index (χ3v) is 3.72. The van der Waals surface area contributed by atoms with Gasteiger partial charge in [-0.3, -0.25) is 9.78 Å². The van der Waals surface area contributed by atoms with Crippen molar-refractivity contribution in [1.29, 1.82) is 0 Å². The Hall–Kier alpha value is -2.40. The summed E-state index contributed by atoms with van der Waals surface area (Å²) in [7, 11) is 1.90. The Kier molecular flexibility index (Phi) is 6.75. The van der Waals surface area contributed by atoms with Crippen LogP contribution in [0.5, 0.6) is 5.75 Å². The molecule has 0 saturated heterocycles. The van der Waals surface area contributed by atoms with E-state index in [0.717, 1.165) is 35.4 Å². The number of rotatable bonds is 8. The van der Waals surface area contributed by atoms with E-state index in [4.69, 9.17) is 4.74 Å².